The molecule has 0 spiro atoms. The summed E-state index contributed by atoms with van der Waals surface area (Å²) in [4.78, 5) is 14.8. The molecular weight excluding hydrogens is 194 g/mol. The van der Waals surface area contributed by atoms with E-state index in [-0.39, 0.29) is 12.5 Å². The normalized spacial score (nSPS) is 17.7. The van der Waals surface area contributed by atoms with E-state index in [1.165, 1.54) is 12.8 Å². The Labute approximate surface area is 88.1 Å². The van der Waals surface area contributed by atoms with Gasteiger partial charge in [-0.25, -0.2) is 4.98 Å². The Morgan fingerprint density at radius 2 is 2.53 bits per heavy atom. The predicted molar refractivity (Wildman–Crippen MR) is 54.6 cm³/mol. The number of carboxylic acids is 1. The molecule has 1 heterocycles. The average molecular weight is 209 g/mol. The Morgan fingerprint density at radius 3 is 3.07 bits per heavy atom. The standard InChI is InChI=1S/C10H15N3O2/c1-11-8(4-10(14)15)9-5-12-6-13(9)7-2-3-7/h5-8,11H,2-4H2,1H3,(H,14,15). The quantitative estimate of drug-likeness (QED) is 0.757. The molecule has 0 aliphatic heterocycles. The first-order valence-electron chi connectivity index (χ1n) is 5.13. The Morgan fingerprint density at radius 1 is 1.80 bits per heavy atom. The van der Waals surface area contributed by atoms with Crippen molar-refractivity contribution in [1.29, 1.82) is 0 Å². The van der Waals surface area contributed by atoms with Crippen LogP contribution in [0.5, 0.6) is 0 Å². The number of carbonyl (C=O) groups is 1. The summed E-state index contributed by atoms with van der Waals surface area (Å²) in [5.74, 6) is -0.794. The van der Waals surface area contributed by atoms with Crippen LogP contribution in [0.4, 0.5) is 0 Å². The lowest BCUT2D eigenvalue weighted by Crippen LogP contribution is -2.22. The lowest BCUT2D eigenvalue weighted by Gasteiger charge is -2.16. The third kappa shape index (κ3) is 2.18. The van der Waals surface area contributed by atoms with Gasteiger partial charge in [0.25, 0.3) is 0 Å². The average Bonchev–Trinajstić information content (AvgIpc) is 2.93. The van der Waals surface area contributed by atoms with Crippen LogP contribution in [0.15, 0.2) is 12.5 Å². The zero-order valence-corrected chi connectivity index (χ0v) is 8.68. The molecule has 0 bridgehead atoms. The molecule has 0 amide bonds. The minimum Gasteiger partial charge on any atom is -0.481 e. The van der Waals surface area contributed by atoms with Crippen molar-refractivity contribution in [3.05, 3.63) is 18.2 Å². The number of nitrogens with zero attached hydrogens (tertiary/aromatic N) is 2. The molecule has 1 aliphatic rings. The van der Waals surface area contributed by atoms with Crippen molar-refractivity contribution in [2.75, 3.05) is 7.05 Å². The first kappa shape index (κ1) is 10.2. The Balaban J connectivity index is 2.17. The minimum absolute atomic E-state index is 0.0922. The molecule has 1 unspecified atom stereocenters. The van der Waals surface area contributed by atoms with Crippen molar-refractivity contribution in [2.45, 2.75) is 31.3 Å². The molecule has 0 saturated heterocycles. The number of rotatable bonds is 5. The van der Waals surface area contributed by atoms with Gasteiger partial charge in [-0.3, -0.25) is 4.79 Å². The summed E-state index contributed by atoms with van der Waals surface area (Å²) in [7, 11) is 1.78. The van der Waals surface area contributed by atoms with E-state index in [0.717, 1.165) is 5.69 Å². The second-order valence-corrected chi connectivity index (χ2v) is 3.90. The third-order valence-electron chi connectivity index (χ3n) is 2.72. The molecule has 1 atom stereocenters. The number of carboxylic acid groups (broad SMARTS) is 1. The molecule has 5 heteroatoms. The third-order valence-corrected chi connectivity index (χ3v) is 2.72. The number of aliphatic carboxylic acids is 1. The maximum Gasteiger partial charge on any atom is 0.305 e. The topological polar surface area (TPSA) is 67.2 Å². The molecule has 1 fully saturated rings. The van der Waals surface area contributed by atoms with Crippen LogP contribution in [-0.2, 0) is 4.79 Å². The van der Waals surface area contributed by atoms with Crippen molar-refractivity contribution >= 4 is 5.97 Å². The van der Waals surface area contributed by atoms with Gasteiger partial charge in [0.2, 0.25) is 0 Å². The van der Waals surface area contributed by atoms with Crippen LogP contribution in [-0.4, -0.2) is 27.7 Å². The van der Waals surface area contributed by atoms with E-state index < -0.39 is 5.97 Å². The van der Waals surface area contributed by atoms with Gasteiger partial charge in [-0.2, -0.15) is 0 Å². The highest BCUT2D eigenvalue weighted by Gasteiger charge is 2.28. The summed E-state index contributed by atoms with van der Waals surface area (Å²) in [5.41, 5.74) is 0.974. The maximum absolute atomic E-state index is 10.7. The van der Waals surface area contributed by atoms with Gasteiger partial charge in [-0.15, -0.1) is 0 Å². The van der Waals surface area contributed by atoms with Gasteiger partial charge in [0, 0.05) is 12.2 Å². The number of nitrogens with one attached hydrogen (secondary N) is 1. The van der Waals surface area contributed by atoms with Crippen LogP contribution in [0.25, 0.3) is 0 Å². The summed E-state index contributed by atoms with van der Waals surface area (Å²) < 4.78 is 2.09. The van der Waals surface area contributed by atoms with Crippen molar-refractivity contribution in [2.24, 2.45) is 0 Å². The predicted octanol–water partition coefficient (Wildman–Crippen LogP) is 0.953. The summed E-state index contributed by atoms with van der Waals surface area (Å²) in [6.07, 6.45) is 5.98. The van der Waals surface area contributed by atoms with Gasteiger partial charge in [-0.05, 0) is 19.9 Å². The largest absolute Gasteiger partial charge is 0.481 e. The summed E-state index contributed by atoms with van der Waals surface area (Å²) in [6.45, 7) is 0. The number of hydrogen-bond donors (Lipinski definition) is 2. The Bertz CT molecular complexity index is 357. The van der Waals surface area contributed by atoms with Gasteiger partial charge in [-0.1, -0.05) is 0 Å². The zero-order valence-electron chi connectivity index (χ0n) is 8.68. The number of aromatic nitrogens is 2. The molecule has 2 rings (SSSR count). The van der Waals surface area contributed by atoms with E-state index >= 15 is 0 Å². The fourth-order valence-electron chi connectivity index (χ4n) is 1.77. The number of hydrogen-bond acceptors (Lipinski definition) is 3. The Hall–Kier alpha value is -1.36. The van der Waals surface area contributed by atoms with Gasteiger partial charge in [0.1, 0.15) is 0 Å². The van der Waals surface area contributed by atoms with Crippen LogP contribution in [0.3, 0.4) is 0 Å². The number of imidazole rings is 1. The van der Waals surface area contributed by atoms with E-state index in [1.807, 2.05) is 0 Å². The lowest BCUT2D eigenvalue weighted by molar-refractivity contribution is -0.137. The van der Waals surface area contributed by atoms with Crippen molar-refractivity contribution < 1.29 is 9.90 Å². The van der Waals surface area contributed by atoms with Crippen LogP contribution < -0.4 is 5.32 Å². The molecule has 1 aromatic heterocycles. The molecule has 2 N–H and O–H groups in total. The highest BCUT2D eigenvalue weighted by Crippen LogP contribution is 2.37. The molecule has 82 valence electrons. The summed E-state index contributed by atoms with van der Waals surface area (Å²) >= 11 is 0. The summed E-state index contributed by atoms with van der Waals surface area (Å²) in [5, 5.41) is 11.8. The van der Waals surface area contributed by atoms with Crippen LogP contribution in [0, 0.1) is 0 Å². The molecule has 1 aromatic rings. The van der Waals surface area contributed by atoms with E-state index in [4.69, 9.17) is 5.11 Å². The molecule has 1 saturated carbocycles. The molecule has 1 aliphatic carbocycles. The van der Waals surface area contributed by atoms with E-state index in [9.17, 15) is 4.79 Å². The van der Waals surface area contributed by atoms with Crippen LogP contribution in [0.2, 0.25) is 0 Å². The monoisotopic (exact) mass is 209 g/mol. The molecule has 0 radical (unpaired) electrons. The highest BCUT2D eigenvalue weighted by molar-refractivity contribution is 5.67. The molecule has 0 aromatic carbocycles. The first-order chi connectivity index (χ1) is 7.22. The first-order valence-corrected chi connectivity index (χ1v) is 5.13. The fourth-order valence-corrected chi connectivity index (χ4v) is 1.77. The lowest BCUT2D eigenvalue weighted by atomic mass is 10.1. The fraction of sp³-hybridized carbons (Fsp3) is 0.600. The SMILES string of the molecule is CNC(CC(=O)O)c1cncn1C1CC1. The van der Waals surface area contributed by atoms with Crippen molar-refractivity contribution in [3.63, 3.8) is 0 Å². The molecule has 5 nitrogen and oxygen atoms in total. The van der Waals surface area contributed by atoms with E-state index in [2.05, 4.69) is 14.9 Å². The minimum atomic E-state index is -0.794. The maximum atomic E-state index is 10.7. The smallest absolute Gasteiger partial charge is 0.305 e. The summed E-state index contributed by atoms with van der Waals surface area (Å²) in [6, 6.07) is 0.387. The Kier molecular flexibility index (Phi) is 2.73. The van der Waals surface area contributed by atoms with Gasteiger partial charge >= 0.3 is 5.97 Å². The van der Waals surface area contributed by atoms with Gasteiger partial charge in [0.05, 0.1) is 24.5 Å². The van der Waals surface area contributed by atoms with Crippen LogP contribution in [0.1, 0.15) is 37.0 Å². The van der Waals surface area contributed by atoms with Gasteiger partial charge < -0.3 is 15.0 Å². The molecule has 15 heavy (non-hydrogen) atoms. The zero-order chi connectivity index (χ0) is 10.8. The van der Waals surface area contributed by atoms with E-state index in [1.54, 1.807) is 19.6 Å². The van der Waals surface area contributed by atoms with Gasteiger partial charge in [0.15, 0.2) is 0 Å². The second kappa shape index (κ2) is 4.02. The molecular formula is C10H15N3O2. The van der Waals surface area contributed by atoms with Crippen molar-refractivity contribution in [1.82, 2.24) is 14.9 Å². The van der Waals surface area contributed by atoms with E-state index in [0.29, 0.717) is 6.04 Å². The highest BCUT2D eigenvalue weighted by atomic mass is 16.4. The van der Waals surface area contributed by atoms with Crippen molar-refractivity contribution in [3.8, 4) is 0 Å². The van der Waals surface area contributed by atoms with Crippen LogP contribution >= 0.6 is 0 Å². The second-order valence-electron chi connectivity index (χ2n) is 3.90.